The van der Waals surface area contributed by atoms with Crippen LogP contribution in [0.4, 0.5) is 5.69 Å². The summed E-state index contributed by atoms with van der Waals surface area (Å²) >= 11 is 1.04. The van der Waals surface area contributed by atoms with Crippen LogP contribution >= 0.6 is 11.8 Å². The molecule has 0 radical (unpaired) electrons. The van der Waals surface area contributed by atoms with Crippen LogP contribution < -0.4 is 15.6 Å². The Morgan fingerprint density at radius 2 is 1.94 bits per heavy atom. The maximum Gasteiger partial charge on any atom is 0.270 e. The number of amides is 1. The van der Waals surface area contributed by atoms with Crippen molar-refractivity contribution in [3.05, 3.63) is 70.0 Å². The number of hydrogen-bond acceptors (Lipinski definition) is 8. The van der Waals surface area contributed by atoms with Gasteiger partial charge in [-0.2, -0.15) is 5.26 Å². The van der Waals surface area contributed by atoms with E-state index >= 15 is 0 Å². The molecule has 2 aromatic carbocycles. The van der Waals surface area contributed by atoms with Crippen molar-refractivity contribution in [2.45, 2.75) is 12.1 Å². The fourth-order valence-electron chi connectivity index (χ4n) is 2.77. The molecule has 1 aromatic heterocycles. The molecule has 0 saturated carbocycles. The highest BCUT2D eigenvalue weighted by Gasteiger charge is 2.15. The number of aromatic amines is 1. The maximum atomic E-state index is 12.4. The molecule has 10 heteroatoms. The average molecular weight is 449 g/mol. The Labute approximate surface area is 187 Å². The lowest BCUT2D eigenvalue weighted by Gasteiger charge is -2.08. The van der Waals surface area contributed by atoms with E-state index in [1.807, 2.05) is 6.07 Å². The Morgan fingerprint density at radius 1 is 1.25 bits per heavy atom. The molecule has 3 aromatic rings. The SMILES string of the molecule is COc1ccc(-c2nc(SCC(=O)Nc3ccc(/C(C)=N/O)cc3)[nH]c(=O)c2C#N)cc1. The summed E-state index contributed by atoms with van der Waals surface area (Å²) < 4.78 is 5.13. The van der Waals surface area contributed by atoms with E-state index in [1.54, 1.807) is 62.6 Å². The van der Waals surface area contributed by atoms with Crippen molar-refractivity contribution >= 4 is 29.1 Å². The minimum absolute atomic E-state index is 0.00420. The first kappa shape index (κ1) is 22.6. The second kappa shape index (κ2) is 10.3. The van der Waals surface area contributed by atoms with Crippen molar-refractivity contribution in [1.82, 2.24) is 9.97 Å². The van der Waals surface area contributed by atoms with Crippen LogP contribution in [0.25, 0.3) is 11.3 Å². The third-order valence-electron chi connectivity index (χ3n) is 4.45. The monoisotopic (exact) mass is 449 g/mol. The third kappa shape index (κ3) is 5.33. The summed E-state index contributed by atoms with van der Waals surface area (Å²) in [5, 5.41) is 24.3. The number of hydrogen-bond donors (Lipinski definition) is 3. The first-order chi connectivity index (χ1) is 15.4. The van der Waals surface area contributed by atoms with Crippen LogP contribution in [-0.2, 0) is 4.79 Å². The van der Waals surface area contributed by atoms with E-state index in [2.05, 4.69) is 20.4 Å². The number of nitrogens with one attached hydrogen (secondary N) is 2. The quantitative estimate of drug-likeness (QED) is 0.165. The number of thioether (sulfide) groups is 1. The maximum absolute atomic E-state index is 12.4. The Hall–Kier alpha value is -4.10. The van der Waals surface area contributed by atoms with E-state index in [0.29, 0.717) is 22.7 Å². The number of ether oxygens (including phenoxy) is 1. The largest absolute Gasteiger partial charge is 0.497 e. The molecule has 0 bridgehead atoms. The molecule has 3 N–H and O–H groups in total. The number of aromatic nitrogens is 2. The molecule has 0 unspecified atom stereocenters. The van der Waals surface area contributed by atoms with Crippen molar-refractivity contribution in [3.63, 3.8) is 0 Å². The molecule has 0 saturated heterocycles. The molecule has 0 spiro atoms. The first-order valence-corrected chi connectivity index (χ1v) is 10.3. The van der Waals surface area contributed by atoms with Crippen molar-refractivity contribution in [1.29, 1.82) is 5.26 Å². The predicted molar refractivity (Wildman–Crippen MR) is 121 cm³/mol. The van der Waals surface area contributed by atoms with Gasteiger partial charge in [-0.25, -0.2) is 4.98 Å². The molecule has 0 aliphatic heterocycles. The molecule has 3 rings (SSSR count). The van der Waals surface area contributed by atoms with Gasteiger partial charge in [0.25, 0.3) is 5.56 Å². The second-order valence-electron chi connectivity index (χ2n) is 6.53. The number of anilines is 1. The minimum Gasteiger partial charge on any atom is -0.497 e. The summed E-state index contributed by atoms with van der Waals surface area (Å²) in [6.07, 6.45) is 0. The van der Waals surface area contributed by atoms with E-state index in [4.69, 9.17) is 9.94 Å². The lowest BCUT2D eigenvalue weighted by molar-refractivity contribution is -0.113. The van der Waals surface area contributed by atoms with Gasteiger partial charge in [0.2, 0.25) is 5.91 Å². The first-order valence-electron chi connectivity index (χ1n) is 9.35. The molecule has 9 nitrogen and oxygen atoms in total. The number of nitrogens with zero attached hydrogens (tertiary/aromatic N) is 3. The zero-order valence-electron chi connectivity index (χ0n) is 17.2. The van der Waals surface area contributed by atoms with E-state index in [1.165, 1.54) is 0 Å². The van der Waals surface area contributed by atoms with Crippen LogP contribution in [0.15, 0.2) is 63.6 Å². The fraction of sp³-hybridized carbons (Fsp3) is 0.136. The molecule has 32 heavy (non-hydrogen) atoms. The van der Waals surface area contributed by atoms with Gasteiger partial charge in [0, 0.05) is 11.3 Å². The normalized spacial score (nSPS) is 11.0. The van der Waals surface area contributed by atoms with Gasteiger partial charge in [-0.05, 0) is 48.9 Å². The smallest absolute Gasteiger partial charge is 0.270 e. The fourth-order valence-corrected chi connectivity index (χ4v) is 3.43. The molecule has 162 valence electrons. The number of rotatable bonds is 7. The number of oxime groups is 1. The number of benzene rings is 2. The van der Waals surface area contributed by atoms with E-state index in [-0.39, 0.29) is 28.1 Å². The molecule has 1 amide bonds. The number of carbonyl (C=O) groups is 1. The summed E-state index contributed by atoms with van der Waals surface area (Å²) in [6.45, 7) is 1.66. The highest BCUT2D eigenvalue weighted by atomic mass is 32.2. The Bertz CT molecular complexity index is 1250. The van der Waals surface area contributed by atoms with Gasteiger partial charge >= 0.3 is 0 Å². The highest BCUT2D eigenvalue weighted by Crippen LogP contribution is 2.24. The van der Waals surface area contributed by atoms with Crippen LogP contribution in [0.2, 0.25) is 0 Å². The van der Waals surface area contributed by atoms with E-state index in [9.17, 15) is 14.9 Å². The van der Waals surface area contributed by atoms with Crippen LogP contribution in [0.1, 0.15) is 18.1 Å². The topological polar surface area (TPSA) is 140 Å². The van der Waals surface area contributed by atoms with Crippen molar-refractivity contribution < 1.29 is 14.7 Å². The lowest BCUT2D eigenvalue weighted by Crippen LogP contribution is -2.17. The molecule has 1 heterocycles. The zero-order valence-corrected chi connectivity index (χ0v) is 18.1. The Morgan fingerprint density at radius 3 is 2.53 bits per heavy atom. The van der Waals surface area contributed by atoms with Gasteiger partial charge in [0.15, 0.2) is 5.16 Å². The number of carbonyl (C=O) groups excluding carboxylic acids is 1. The van der Waals surface area contributed by atoms with E-state index in [0.717, 1.165) is 17.3 Å². The standard InChI is InChI=1S/C22H19N5O4S/c1-13(27-30)14-3-7-16(8-4-14)24-19(28)12-32-22-25-20(18(11-23)21(29)26-22)15-5-9-17(31-2)10-6-15/h3-10,30H,12H2,1-2H3,(H,24,28)(H,25,26,29)/b27-13+. The summed E-state index contributed by atoms with van der Waals surface area (Å²) in [4.78, 5) is 31.6. The Kier molecular flexibility index (Phi) is 7.25. The Balaban J connectivity index is 1.73. The van der Waals surface area contributed by atoms with Crippen molar-refractivity contribution in [2.75, 3.05) is 18.2 Å². The second-order valence-corrected chi connectivity index (χ2v) is 7.50. The van der Waals surface area contributed by atoms with E-state index < -0.39 is 5.56 Å². The number of H-pyrrole nitrogens is 1. The van der Waals surface area contributed by atoms with Gasteiger partial charge in [-0.1, -0.05) is 29.1 Å². The summed E-state index contributed by atoms with van der Waals surface area (Å²) in [7, 11) is 1.54. The summed E-state index contributed by atoms with van der Waals surface area (Å²) in [6, 6.07) is 15.5. The van der Waals surface area contributed by atoms with Crippen LogP contribution in [0.5, 0.6) is 5.75 Å². The van der Waals surface area contributed by atoms with Crippen LogP contribution in [0, 0.1) is 11.3 Å². The van der Waals surface area contributed by atoms with Gasteiger partial charge in [-0.3, -0.25) is 9.59 Å². The molecular weight excluding hydrogens is 430 g/mol. The minimum atomic E-state index is -0.576. The summed E-state index contributed by atoms with van der Waals surface area (Å²) in [5.41, 5.74) is 1.90. The van der Waals surface area contributed by atoms with Crippen LogP contribution in [-0.4, -0.2) is 39.7 Å². The molecule has 0 atom stereocenters. The zero-order chi connectivity index (χ0) is 23.1. The van der Waals surface area contributed by atoms with Gasteiger partial charge in [0.05, 0.1) is 24.3 Å². The van der Waals surface area contributed by atoms with Gasteiger partial charge in [0.1, 0.15) is 17.4 Å². The number of methoxy groups -OCH3 is 1. The highest BCUT2D eigenvalue weighted by molar-refractivity contribution is 7.99. The average Bonchev–Trinajstić information content (AvgIpc) is 2.82. The molecule has 0 aliphatic rings. The van der Waals surface area contributed by atoms with Crippen molar-refractivity contribution in [3.8, 4) is 23.1 Å². The van der Waals surface area contributed by atoms with Crippen LogP contribution in [0.3, 0.4) is 0 Å². The summed E-state index contributed by atoms with van der Waals surface area (Å²) in [5.74, 6) is 0.332. The third-order valence-corrected chi connectivity index (χ3v) is 5.32. The lowest BCUT2D eigenvalue weighted by atomic mass is 10.1. The molecular formula is C22H19N5O4S. The molecule has 0 aliphatic carbocycles. The van der Waals surface area contributed by atoms with Gasteiger partial charge < -0.3 is 20.2 Å². The number of nitriles is 1. The van der Waals surface area contributed by atoms with Gasteiger partial charge in [-0.15, -0.1) is 0 Å². The molecule has 0 fully saturated rings. The predicted octanol–water partition coefficient (Wildman–Crippen LogP) is 3.25. The van der Waals surface area contributed by atoms with Crippen molar-refractivity contribution in [2.24, 2.45) is 5.16 Å².